The number of aliphatic carboxylic acids is 1. The van der Waals surface area contributed by atoms with Crippen molar-refractivity contribution in [2.24, 2.45) is 5.92 Å². The molecule has 1 heterocycles. The fourth-order valence-corrected chi connectivity index (χ4v) is 1.36. The minimum Gasteiger partial charge on any atom is -0.481 e. The van der Waals surface area contributed by atoms with Gasteiger partial charge in [-0.2, -0.15) is 0 Å². The van der Waals surface area contributed by atoms with Crippen LogP contribution in [0.15, 0.2) is 0 Å². The molecule has 0 spiro atoms. The van der Waals surface area contributed by atoms with Crippen molar-refractivity contribution in [1.82, 2.24) is 0 Å². The molecule has 0 aromatic carbocycles. The van der Waals surface area contributed by atoms with E-state index in [1.165, 1.54) is 0 Å². The lowest BCUT2D eigenvalue weighted by Crippen LogP contribution is -2.13. The standard InChI is InChI=1S/C9H16O4/c1-7(2-3-8(10)11)6-9-12-4-5-13-9/h7,9H,2-6H2,1H3,(H,10,11)/t7-/m0/s1. The third-order valence-electron chi connectivity index (χ3n) is 2.14. The molecule has 1 saturated heterocycles. The highest BCUT2D eigenvalue weighted by molar-refractivity contribution is 5.66. The first-order valence-corrected chi connectivity index (χ1v) is 4.63. The van der Waals surface area contributed by atoms with E-state index in [2.05, 4.69) is 0 Å². The molecule has 0 bridgehead atoms. The average molecular weight is 188 g/mol. The van der Waals surface area contributed by atoms with Crippen LogP contribution in [0.3, 0.4) is 0 Å². The summed E-state index contributed by atoms with van der Waals surface area (Å²) in [6.45, 7) is 3.35. The molecule has 1 N–H and O–H groups in total. The number of carbonyl (C=O) groups is 1. The van der Waals surface area contributed by atoms with E-state index >= 15 is 0 Å². The zero-order valence-electron chi connectivity index (χ0n) is 7.86. The summed E-state index contributed by atoms with van der Waals surface area (Å²) in [5, 5.41) is 8.46. The largest absolute Gasteiger partial charge is 0.481 e. The molecular formula is C9H16O4. The van der Waals surface area contributed by atoms with Gasteiger partial charge in [0, 0.05) is 12.8 Å². The Morgan fingerprint density at radius 1 is 1.54 bits per heavy atom. The van der Waals surface area contributed by atoms with Gasteiger partial charge < -0.3 is 14.6 Å². The molecule has 1 aliphatic rings. The van der Waals surface area contributed by atoms with Gasteiger partial charge in [0.2, 0.25) is 0 Å². The van der Waals surface area contributed by atoms with Crippen molar-refractivity contribution in [1.29, 1.82) is 0 Å². The van der Waals surface area contributed by atoms with Crippen molar-refractivity contribution in [2.45, 2.75) is 32.5 Å². The summed E-state index contributed by atoms with van der Waals surface area (Å²) in [6.07, 6.45) is 1.61. The number of hydrogen-bond acceptors (Lipinski definition) is 3. The lowest BCUT2D eigenvalue weighted by atomic mass is 10.0. The summed E-state index contributed by atoms with van der Waals surface area (Å²) in [5.41, 5.74) is 0. The number of rotatable bonds is 5. The maximum atomic E-state index is 10.3. The smallest absolute Gasteiger partial charge is 0.303 e. The molecule has 0 saturated carbocycles. The first kappa shape index (κ1) is 10.5. The molecule has 0 aromatic heterocycles. The summed E-state index contributed by atoms with van der Waals surface area (Å²) in [7, 11) is 0. The lowest BCUT2D eigenvalue weighted by molar-refractivity contribution is -0.137. The third kappa shape index (κ3) is 4.24. The normalized spacial score (nSPS) is 20.4. The van der Waals surface area contributed by atoms with Crippen molar-refractivity contribution in [3.63, 3.8) is 0 Å². The molecule has 13 heavy (non-hydrogen) atoms. The fraction of sp³-hybridized carbons (Fsp3) is 0.889. The molecule has 0 amide bonds. The van der Waals surface area contributed by atoms with E-state index in [-0.39, 0.29) is 12.7 Å². The molecule has 0 unspecified atom stereocenters. The molecule has 1 fully saturated rings. The molecule has 4 nitrogen and oxygen atoms in total. The average Bonchev–Trinajstić information content (AvgIpc) is 2.53. The Morgan fingerprint density at radius 2 is 2.15 bits per heavy atom. The molecule has 0 aromatic rings. The molecule has 1 rings (SSSR count). The van der Waals surface area contributed by atoms with Crippen LogP contribution < -0.4 is 0 Å². The molecular weight excluding hydrogens is 172 g/mol. The predicted molar refractivity (Wildman–Crippen MR) is 46.3 cm³/mol. The Morgan fingerprint density at radius 3 is 2.69 bits per heavy atom. The first-order valence-electron chi connectivity index (χ1n) is 4.63. The highest BCUT2D eigenvalue weighted by Crippen LogP contribution is 2.18. The topological polar surface area (TPSA) is 55.8 Å². The van der Waals surface area contributed by atoms with E-state index in [4.69, 9.17) is 14.6 Å². The highest BCUT2D eigenvalue weighted by atomic mass is 16.7. The molecule has 1 aliphatic heterocycles. The van der Waals surface area contributed by atoms with Gasteiger partial charge in [-0.3, -0.25) is 4.79 Å². The van der Waals surface area contributed by atoms with E-state index in [9.17, 15) is 4.79 Å². The van der Waals surface area contributed by atoms with Gasteiger partial charge in [0.15, 0.2) is 6.29 Å². The van der Waals surface area contributed by atoms with E-state index in [1.807, 2.05) is 6.92 Å². The van der Waals surface area contributed by atoms with Crippen molar-refractivity contribution < 1.29 is 19.4 Å². The van der Waals surface area contributed by atoms with Crippen molar-refractivity contribution in [3.05, 3.63) is 0 Å². The van der Waals surface area contributed by atoms with Gasteiger partial charge in [-0.05, 0) is 12.3 Å². The van der Waals surface area contributed by atoms with Crippen LogP contribution in [-0.2, 0) is 14.3 Å². The van der Waals surface area contributed by atoms with Crippen LogP contribution in [0.2, 0.25) is 0 Å². The summed E-state index contributed by atoms with van der Waals surface area (Å²) in [5.74, 6) is -0.390. The second kappa shape index (κ2) is 5.19. The van der Waals surface area contributed by atoms with Gasteiger partial charge in [-0.15, -0.1) is 0 Å². The van der Waals surface area contributed by atoms with Gasteiger partial charge in [-0.1, -0.05) is 6.92 Å². The van der Waals surface area contributed by atoms with Crippen molar-refractivity contribution in [2.75, 3.05) is 13.2 Å². The Kier molecular flexibility index (Phi) is 4.18. The van der Waals surface area contributed by atoms with E-state index < -0.39 is 5.97 Å². The Hall–Kier alpha value is -0.610. The van der Waals surface area contributed by atoms with Crippen LogP contribution in [0.25, 0.3) is 0 Å². The summed E-state index contributed by atoms with van der Waals surface area (Å²) >= 11 is 0. The maximum absolute atomic E-state index is 10.3. The van der Waals surface area contributed by atoms with E-state index in [1.54, 1.807) is 0 Å². The van der Waals surface area contributed by atoms with Gasteiger partial charge in [0.25, 0.3) is 0 Å². The van der Waals surface area contributed by atoms with Crippen LogP contribution in [0.1, 0.15) is 26.2 Å². The second-order valence-corrected chi connectivity index (χ2v) is 3.44. The van der Waals surface area contributed by atoms with E-state index in [0.717, 1.165) is 6.42 Å². The number of carboxylic acids is 1. The zero-order valence-corrected chi connectivity index (χ0v) is 7.86. The molecule has 4 heteroatoms. The Balaban J connectivity index is 2.09. The summed E-state index contributed by atoms with van der Waals surface area (Å²) < 4.78 is 10.5. The quantitative estimate of drug-likeness (QED) is 0.705. The van der Waals surface area contributed by atoms with Crippen LogP contribution in [0.4, 0.5) is 0 Å². The Labute approximate surface area is 77.8 Å². The van der Waals surface area contributed by atoms with Crippen LogP contribution in [0, 0.1) is 5.92 Å². The van der Waals surface area contributed by atoms with Crippen molar-refractivity contribution >= 4 is 5.97 Å². The van der Waals surface area contributed by atoms with Crippen molar-refractivity contribution in [3.8, 4) is 0 Å². The minimum absolute atomic E-state index is 0.108. The Bertz CT molecular complexity index is 163. The van der Waals surface area contributed by atoms with Crippen LogP contribution in [-0.4, -0.2) is 30.6 Å². The zero-order chi connectivity index (χ0) is 9.68. The van der Waals surface area contributed by atoms with Gasteiger partial charge in [0.05, 0.1) is 13.2 Å². The monoisotopic (exact) mass is 188 g/mol. The van der Waals surface area contributed by atoms with Gasteiger partial charge >= 0.3 is 5.97 Å². The SMILES string of the molecule is C[C@@H](CCC(=O)O)CC1OCCO1. The third-order valence-corrected chi connectivity index (χ3v) is 2.14. The lowest BCUT2D eigenvalue weighted by Gasteiger charge is -2.14. The van der Waals surface area contributed by atoms with Gasteiger partial charge in [-0.25, -0.2) is 0 Å². The van der Waals surface area contributed by atoms with Crippen LogP contribution >= 0.6 is 0 Å². The first-order chi connectivity index (χ1) is 6.18. The molecule has 0 aliphatic carbocycles. The maximum Gasteiger partial charge on any atom is 0.303 e. The fourth-order valence-electron chi connectivity index (χ4n) is 1.36. The molecule has 0 radical (unpaired) electrons. The molecule has 76 valence electrons. The van der Waals surface area contributed by atoms with Crippen LogP contribution in [0.5, 0.6) is 0 Å². The number of carboxylic acid groups (broad SMARTS) is 1. The molecule has 1 atom stereocenters. The number of hydrogen-bond donors (Lipinski definition) is 1. The van der Waals surface area contributed by atoms with E-state index in [0.29, 0.717) is 25.6 Å². The predicted octanol–water partition coefficient (Wildman–Crippen LogP) is 1.25. The second-order valence-electron chi connectivity index (χ2n) is 3.44. The highest BCUT2D eigenvalue weighted by Gasteiger charge is 2.19. The summed E-state index contributed by atoms with van der Waals surface area (Å²) in [4.78, 5) is 10.3. The summed E-state index contributed by atoms with van der Waals surface area (Å²) in [6, 6.07) is 0. The van der Waals surface area contributed by atoms with Gasteiger partial charge in [0.1, 0.15) is 0 Å². The minimum atomic E-state index is -0.736. The number of ether oxygens (including phenoxy) is 2.